The summed E-state index contributed by atoms with van der Waals surface area (Å²) in [4.78, 5) is 4.71. The van der Waals surface area contributed by atoms with Crippen LogP contribution in [0.5, 0.6) is 0 Å². The Morgan fingerprint density at radius 3 is 2.75 bits per heavy atom. The van der Waals surface area contributed by atoms with Gasteiger partial charge in [-0.05, 0) is 36.8 Å². The number of aromatic nitrogens is 1. The zero-order valence-corrected chi connectivity index (χ0v) is 12.2. The van der Waals surface area contributed by atoms with Crippen molar-refractivity contribution in [1.82, 2.24) is 4.98 Å². The van der Waals surface area contributed by atoms with Crippen molar-refractivity contribution in [2.45, 2.75) is 57.8 Å². The fourth-order valence-corrected chi connectivity index (χ4v) is 2.63. The maximum atomic E-state index is 12.3. The molecule has 0 saturated carbocycles. The van der Waals surface area contributed by atoms with Crippen LogP contribution in [0.25, 0.3) is 0 Å². The molecule has 4 heteroatoms. The fourth-order valence-electron chi connectivity index (χ4n) is 2.63. The lowest BCUT2D eigenvalue weighted by atomic mass is 9.93. The van der Waals surface area contributed by atoms with Crippen LogP contribution in [-0.4, -0.2) is 24.6 Å². The molecule has 1 saturated heterocycles. The first-order chi connectivity index (χ1) is 9.58. The number of hydrogen-bond acceptors (Lipinski definition) is 2. The number of nitrogens with zero attached hydrogens (tertiary/aromatic N) is 1. The molecule has 1 unspecified atom stereocenters. The number of hydrogen-bond donors (Lipinski definition) is 0. The van der Waals surface area contributed by atoms with Crippen LogP contribution in [-0.2, 0) is 11.2 Å². The molecule has 2 rings (SSSR count). The highest BCUT2D eigenvalue weighted by Gasteiger charge is 2.22. The highest BCUT2D eigenvalue weighted by atomic mass is 19.3. The van der Waals surface area contributed by atoms with Crippen LogP contribution >= 0.6 is 0 Å². The molecular formula is C16H23F2NO. The summed E-state index contributed by atoms with van der Waals surface area (Å²) in [5.41, 5.74) is 3.23. The lowest BCUT2D eigenvalue weighted by Gasteiger charge is -2.16. The van der Waals surface area contributed by atoms with Crippen molar-refractivity contribution in [2.75, 3.05) is 13.2 Å². The van der Waals surface area contributed by atoms with E-state index in [-0.39, 0.29) is 6.42 Å². The normalized spacial score (nSPS) is 19.2. The average molecular weight is 283 g/mol. The Labute approximate surface area is 119 Å². The van der Waals surface area contributed by atoms with Crippen molar-refractivity contribution in [1.29, 1.82) is 0 Å². The largest absolute Gasteiger partial charge is 0.381 e. The van der Waals surface area contributed by atoms with E-state index in [0.29, 0.717) is 24.7 Å². The number of ether oxygens (including phenoxy) is 1. The standard InChI is InChI=1S/C16H23F2NO/c1-11(2)14-7-6-13(12-8-9-20-10-12)15(19-14)4-3-5-16(17)18/h6-7,11-12,16H,3-5,8-10H2,1-2H3. The van der Waals surface area contributed by atoms with E-state index in [0.717, 1.165) is 31.0 Å². The summed E-state index contributed by atoms with van der Waals surface area (Å²) in [5, 5.41) is 0. The van der Waals surface area contributed by atoms with E-state index in [4.69, 9.17) is 9.72 Å². The van der Waals surface area contributed by atoms with Crippen LogP contribution in [0.4, 0.5) is 8.78 Å². The molecular weight excluding hydrogens is 260 g/mol. The average Bonchev–Trinajstić information content (AvgIpc) is 2.91. The van der Waals surface area contributed by atoms with Crippen LogP contribution < -0.4 is 0 Å². The van der Waals surface area contributed by atoms with Gasteiger partial charge in [0.1, 0.15) is 0 Å². The molecule has 1 aliphatic heterocycles. The van der Waals surface area contributed by atoms with Crippen LogP contribution in [0.1, 0.15) is 61.9 Å². The Balaban J connectivity index is 2.16. The van der Waals surface area contributed by atoms with Gasteiger partial charge in [-0.1, -0.05) is 19.9 Å². The van der Waals surface area contributed by atoms with Gasteiger partial charge in [-0.15, -0.1) is 0 Å². The first-order valence-corrected chi connectivity index (χ1v) is 7.43. The molecule has 2 nitrogen and oxygen atoms in total. The summed E-state index contributed by atoms with van der Waals surface area (Å²) >= 11 is 0. The third kappa shape index (κ3) is 3.98. The molecule has 1 aliphatic rings. The van der Waals surface area contributed by atoms with Gasteiger partial charge in [0.15, 0.2) is 0 Å². The second-order valence-electron chi connectivity index (χ2n) is 5.77. The van der Waals surface area contributed by atoms with Crippen LogP contribution in [0.15, 0.2) is 12.1 Å². The molecule has 1 aromatic heterocycles. The van der Waals surface area contributed by atoms with E-state index in [1.807, 2.05) is 0 Å². The Hall–Kier alpha value is -1.03. The van der Waals surface area contributed by atoms with Crippen molar-refractivity contribution in [3.8, 4) is 0 Å². The molecule has 1 aromatic rings. The molecule has 112 valence electrons. The second-order valence-corrected chi connectivity index (χ2v) is 5.77. The summed E-state index contributed by atoms with van der Waals surface area (Å²) in [7, 11) is 0. The molecule has 0 amide bonds. The topological polar surface area (TPSA) is 22.1 Å². The summed E-state index contributed by atoms with van der Waals surface area (Å²) in [5.74, 6) is 0.739. The first kappa shape index (κ1) is 15.4. The van der Waals surface area contributed by atoms with Gasteiger partial charge in [0, 0.05) is 30.3 Å². The summed E-state index contributed by atoms with van der Waals surface area (Å²) in [6, 6.07) is 4.19. The van der Waals surface area contributed by atoms with Gasteiger partial charge in [-0.2, -0.15) is 0 Å². The third-order valence-corrected chi connectivity index (χ3v) is 3.83. The minimum absolute atomic E-state index is 0.0474. The maximum Gasteiger partial charge on any atom is 0.238 e. The third-order valence-electron chi connectivity index (χ3n) is 3.83. The minimum atomic E-state index is -2.22. The van der Waals surface area contributed by atoms with E-state index in [1.165, 1.54) is 5.56 Å². The number of aryl methyl sites for hydroxylation is 1. The molecule has 0 aliphatic carbocycles. The minimum Gasteiger partial charge on any atom is -0.381 e. The number of alkyl halides is 2. The molecule has 0 N–H and O–H groups in total. The van der Waals surface area contributed by atoms with Gasteiger partial charge >= 0.3 is 0 Å². The summed E-state index contributed by atoms with van der Waals surface area (Å²) < 4.78 is 30.1. The molecule has 0 bridgehead atoms. The van der Waals surface area contributed by atoms with E-state index in [2.05, 4.69) is 26.0 Å². The first-order valence-electron chi connectivity index (χ1n) is 7.43. The van der Waals surface area contributed by atoms with Crippen molar-refractivity contribution >= 4 is 0 Å². The van der Waals surface area contributed by atoms with Gasteiger partial charge in [-0.3, -0.25) is 4.98 Å². The van der Waals surface area contributed by atoms with Crippen molar-refractivity contribution in [3.05, 3.63) is 29.1 Å². The Bertz CT molecular complexity index is 428. The summed E-state index contributed by atoms with van der Waals surface area (Å²) in [6.07, 6.45) is -0.135. The molecule has 20 heavy (non-hydrogen) atoms. The number of halogens is 2. The molecule has 1 fully saturated rings. The SMILES string of the molecule is CC(C)c1ccc(C2CCOC2)c(CCCC(F)F)n1. The van der Waals surface area contributed by atoms with Gasteiger partial charge in [-0.25, -0.2) is 8.78 Å². The lowest BCUT2D eigenvalue weighted by molar-refractivity contribution is 0.135. The highest BCUT2D eigenvalue weighted by molar-refractivity contribution is 5.28. The number of rotatable bonds is 6. The Kier molecular flexibility index (Phi) is 5.46. The number of pyridine rings is 1. The Morgan fingerprint density at radius 1 is 1.35 bits per heavy atom. The maximum absolute atomic E-state index is 12.3. The van der Waals surface area contributed by atoms with Gasteiger partial charge < -0.3 is 4.74 Å². The monoisotopic (exact) mass is 283 g/mol. The smallest absolute Gasteiger partial charge is 0.238 e. The predicted octanol–water partition coefficient (Wildman–Crippen LogP) is 4.30. The fraction of sp³-hybridized carbons (Fsp3) is 0.688. The van der Waals surface area contributed by atoms with Crippen LogP contribution in [0.2, 0.25) is 0 Å². The molecule has 0 spiro atoms. The van der Waals surface area contributed by atoms with Crippen LogP contribution in [0, 0.1) is 0 Å². The van der Waals surface area contributed by atoms with Crippen molar-refractivity contribution < 1.29 is 13.5 Å². The predicted molar refractivity (Wildman–Crippen MR) is 75.4 cm³/mol. The molecule has 1 atom stereocenters. The van der Waals surface area contributed by atoms with Gasteiger partial charge in [0.2, 0.25) is 6.43 Å². The van der Waals surface area contributed by atoms with Crippen molar-refractivity contribution in [3.63, 3.8) is 0 Å². The molecule has 0 radical (unpaired) electrons. The molecule has 0 aromatic carbocycles. The van der Waals surface area contributed by atoms with Gasteiger partial charge in [0.05, 0.1) is 6.61 Å². The van der Waals surface area contributed by atoms with Gasteiger partial charge in [0.25, 0.3) is 0 Å². The van der Waals surface area contributed by atoms with Crippen LogP contribution in [0.3, 0.4) is 0 Å². The Morgan fingerprint density at radius 2 is 2.15 bits per heavy atom. The van der Waals surface area contributed by atoms with E-state index in [9.17, 15) is 8.78 Å². The zero-order chi connectivity index (χ0) is 14.5. The van der Waals surface area contributed by atoms with Crippen molar-refractivity contribution in [2.24, 2.45) is 0 Å². The highest BCUT2D eigenvalue weighted by Crippen LogP contribution is 2.29. The lowest BCUT2D eigenvalue weighted by Crippen LogP contribution is -2.08. The molecule has 2 heterocycles. The second kappa shape index (κ2) is 7.11. The summed E-state index contributed by atoms with van der Waals surface area (Å²) in [6.45, 7) is 5.71. The van der Waals surface area contributed by atoms with E-state index >= 15 is 0 Å². The zero-order valence-electron chi connectivity index (χ0n) is 12.2. The quantitative estimate of drug-likeness (QED) is 0.776. The van der Waals surface area contributed by atoms with E-state index < -0.39 is 6.43 Å². The van der Waals surface area contributed by atoms with E-state index in [1.54, 1.807) is 0 Å².